The van der Waals surface area contributed by atoms with Gasteiger partial charge in [0.1, 0.15) is 5.01 Å². The minimum Gasteiger partial charge on any atom is -0.305 e. The van der Waals surface area contributed by atoms with Gasteiger partial charge in [0.15, 0.2) is 0 Å². The molecule has 1 unspecified atom stereocenters. The first-order valence-corrected chi connectivity index (χ1v) is 8.35. The largest absolute Gasteiger partial charge is 0.305 e. The summed E-state index contributed by atoms with van der Waals surface area (Å²) < 4.78 is 0. The molecule has 1 aliphatic carbocycles. The fraction of sp³-hybridized carbons (Fsp3) is 0.812. The van der Waals surface area contributed by atoms with Crippen LogP contribution in [0.15, 0.2) is 11.6 Å². The summed E-state index contributed by atoms with van der Waals surface area (Å²) in [6.45, 7) is 11.9. The molecule has 0 aliphatic heterocycles. The highest BCUT2D eigenvalue weighted by Crippen LogP contribution is 2.46. The molecule has 19 heavy (non-hydrogen) atoms. The third-order valence-corrected chi connectivity index (χ3v) is 5.04. The van der Waals surface area contributed by atoms with E-state index in [1.807, 2.05) is 6.20 Å². The summed E-state index contributed by atoms with van der Waals surface area (Å²) in [5.74, 6) is 0. The lowest BCUT2D eigenvalue weighted by atomic mass is 9.63. The predicted octanol–water partition coefficient (Wildman–Crippen LogP) is 4.79. The molecule has 1 N–H and O–H groups in total. The van der Waals surface area contributed by atoms with E-state index in [1.54, 1.807) is 11.3 Å². The lowest BCUT2D eigenvalue weighted by molar-refractivity contribution is 0.0798. The summed E-state index contributed by atoms with van der Waals surface area (Å²) in [5, 5.41) is 7.18. The molecule has 1 fully saturated rings. The van der Waals surface area contributed by atoms with Crippen LogP contribution in [-0.2, 0) is 0 Å². The highest BCUT2D eigenvalue weighted by atomic mass is 32.1. The fourth-order valence-electron chi connectivity index (χ4n) is 4.02. The molecule has 1 saturated carbocycles. The van der Waals surface area contributed by atoms with E-state index >= 15 is 0 Å². The zero-order valence-corrected chi connectivity index (χ0v) is 13.8. The van der Waals surface area contributed by atoms with Crippen molar-refractivity contribution in [1.82, 2.24) is 10.3 Å². The molecular weight excluding hydrogens is 252 g/mol. The molecule has 1 aromatic heterocycles. The zero-order chi connectivity index (χ0) is 14.1. The van der Waals surface area contributed by atoms with Gasteiger partial charge in [0.2, 0.25) is 0 Å². The Balaban J connectivity index is 2.05. The Hall–Kier alpha value is -0.410. The van der Waals surface area contributed by atoms with Gasteiger partial charge in [-0.25, -0.2) is 4.98 Å². The third-order valence-electron chi connectivity index (χ3n) is 4.15. The Morgan fingerprint density at radius 1 is 1.32 bits per heavy atom. The molecule has 1 atom stereocenters. The molecule has 1 aromatic rings. The average Bonchev–Trinajstić information content (AvgIpc) is 2.74. The van der Waals surface area contributed by atoms with Crippen molar-refractivity contribution >= 4 is 11.3 Å². The van der Waals surface area contributed by atoms with E-state index in [0.717, 1.165) is 6.42 Å². The van der Waals surface area contributed by atoms with Crippen LogP contribution in [0.3, 0.4) is 0 Å². The summed E-state index contributed by atoms with van der Waals surface area (Å²) in [5.41, 5.74) is 0.890. The van der Waals surface area contributed by atoms with Crippen LogP contribution in [0.5, 0.6) is 0 Å². The van der Waals surface area contributed by atoms with Crippen molar-refractivity contribution in [3.8, 4) is 0 Å². The van der Waals surface area contributed by atoms with Gasteiger partial charge in [-0.2, -0.15) is 0 Å². The molecule has 1 aliphatic rings. The Bertz CT molecular complexity index is 379. The first-order valence-electron chi connectivity index (χ1n) is 7.47. The van der Waals surface area contributed by atoms with Gasteiger partial charge in [-0.1, -0.05) is 34.6 Å². The molecule has 0 spiro atoms. The minimum atomic E-state index is 0.426. The molecule has 2 rings (SSSR count). The maximum absolute atomic E-state index is 4.48. The van der Waals surface area contributed by atoms with E-state index in [1.165, 1.54) is 24.3 Å². The first-order chi connectivity index (χ1) is 8.81. The van der Waals surface area contributed by atoms with Gasteiger partial charge in [0, 0.05) is 17.6 Å². The Morgan fingerprint density at radius 3 is 2.42 bits per heavy atom. The topological polar surface area (TPSA) is 24.9 Å². The van der Waals surface area contributed by atoms with E-state index in [2.05, 4.69) is 50.3 Å². The van der Waals surface area contributed by atoms with Crippen LogP contribution >= 0.6 is 11.3 Å². The molecule has 0 aromatic carbocycles. The summed E-state index contributed by atoms with van der Waals surface area (Å²) in [6.07, 6.45) is 6.91. The van der Waals surface area contributed by atoms with Crippen LogP contribution < -0.4 is 5.32 Å². The van der Waals surface area contributed by atoms with Crippen molar-refractivity contribution in [2.24, 2.45) is 10.8 Å². The predicted molar refractivity (Wildman–Crippen MR) is 83.5 cm³/mol. The van der Waals surface area contributed by atoms with Gasteiger partial charge >= 0.3 is 0 Å². The summed E-state index contributed by atoms with van der Waals surface area (Å²) in [6, 6.07) is 1.04. The number of nitrogens with one attached hydrogen (secondary N) is 1. The number of rotatable bonds is 4. The van der Waals surface area contributed by atoms with Crippen LogP contribution in [0.2, 0.25) is 0 Å². The van der Waals surface area contributed by atoms with Crippen LogP contribution in [0.25, 0.3) is 0 Å². The van der Waals surface area contributed by atoms with Gasteiger partial charge in [-0.15, -0.1) is 11.3 Å². The van der Waals surface area contributed by atoms with Crippen LogP contribution in [0, 0.1) is 10.8 Å². The summed E-state index contributed by atoms with van der Waals surface area (Å²) in [4.78, 5) is 4.48. The second-order valence-electron chi connectivity index (χ2n) is 7.61. The van der Waals surface area contributed by atoms with Crippen molar-refractivity contribution in [2.75, 3.05) is 0 Å². The number of aromatic nitrogens is 1. The van der Waals surface area contributed by atoms with Gasteiger partial charge in [-0.3, -0.25) is 0 Å². The Morgan fingerprint density at radius 2 is 1.95 bits per heavy atom. The molecular formula is C16H28N2S. The van der Waals surface area contributed by atoms with Crippen molar-refractivity contribution in [3.05, 3.63) is 16.6 Å². The van der Waals surface area contributed by atoms with E-state index in [9.17, 15) is 0 Å². The molecule has 0 saturated heterocycles. The monoisotopic (exact) mass is 280 g/mol. The number of hydrogen-bond donors (Lipinski definition) is 1. The van der Waals surface area contributed by atoms with E-state index < -0.39 is 0 Å². The smallest absolute Gasteiger partial charge is 0.109 e. The number of nitrogens with zero attached hydrogens (tertiary/aromatic N) is 1. The number of thiazole rings is 1. The Labute approximate surface area is 122 Å². The normalized spacial score (nSPS) is 24.3. The van der Waals surface area contributed by atoms with E-state index in [0.29, 0.717) is 22.9 Å². The van der Waals surface area contributed by atoms with Crippen molar-refractivity contribution in [3.63, 3.8) is 0 Å². The fourth-order valence-corrected chi connectivity index (χ4v) is 4.80. The lowest BCUT2D eigenvalue weighted by Crippen LogP contribution is -2.45. The van der Waals surface area contributed by atoms with Gasteiger partial charge < -0.3 is 5.32 Å². The maximum Gasteiger partial charge on any atom is 0.109 e. The standard InChI is InChI=1S/C16H28N2S/c1-6-13(14-17-7-8-19-14)18-12-9-15(2,3)11-16(4,5)10-12/h7-8,12-13,18H,6,9-11H2,1-5H3. The van der Waals surface area contributed by atoms with Crippen molar-refractivity contribution < 1.29 is 0 Å². The van der Waals surface area contributed by atoms with Crippen LogP contribution in [-0.4, -0.2) is 11.0 Å². The Kier molecular flexibility index (Phi) is 4.36. The number of hydrogen-bond acceptors (Lipinski definition) is 3. The summed E-state index contributed by atoms with van der Waals surface area (Å²) >= 11 is 1.77. The second-order valence-corrected chi connectivity index (χ2v) is 8.53. The summed E-state index contributed by atoms with van der Waals surface area (Å²) in [7, 11) is 0. The molecule has 2 nitrogen and oxygen atoms in total. The van der Waals surface area contributed by atoms with Crippen molar-refractivity contribution in [1.29, 1.82) is 0 Å². The van der Waals surface area contributed by atoms with Gasteiger partial charge in [-0.05, 0) is 36.5 Å². The van der Waals surface area contributed by atoms with E-state index in [4.69, 9.17) is 0 Å². The molecule has 0 amide bonds. The minimum absolute atomic E-state index is 0.426. The quantitative estimate of drug-likeness (QED) is 0.858. The lowest BCUT2D eigenvalue weighted by Gasteiger charge is -2.46. The first kappa shape index (κ1) is 15.0. The zero-order valence-electron chi connectivity index (χ0n) is 13.0. The van der Waals surface area contributed by atoms with Gasteiger partial charge in [0.05, 0.1) is 6.04 Å². The molecule has 0 radical (unpaired) electrons. The van der Waals surface area contributed by atoms with E-state index in [-0.39, 0.29) is 0 Å². The average molecular weight is 280 g/mol. The van der Waals surface area contributed by atoms with Crippen molar-refractivity contribution in [2.45, 2.75) is 72.4 Å². The molecule has 0 bridgehead atoms. The SMILES string of the molecule is CCC(NC1CC(C)(C)CC(C)(C)C1)c1nccs1. The highest BCUT2D eigenvalue weighted by molar-refractivity contribution is 7.09. The van der Waals surface area contributed by atoms with Crippen LogP contribution in [0.1, 0.15) is 71.4 Å². The maximum atomic E-state index is 4.48. The van der Waals surface area contributed by atoms with Crippen LogP contribution in [0.4, 0.5) is 0 Å². The molecule has 1 heterocycles. The van der Waals surface area contributed by atoms with Gasteiger partial charge in [0.25, 0.3) is 0 Å². The third kappa shape index (κ3) is 4.03. The molecule has 3 heteroatoms. The second kappa shape index (κ2) is 5.53. The highest BCUT2D eigenvalue weighted by Gasteiger charge is 2.38. The molecule has 108 valence electrons.